The van der Waals surface area contributed by atoms with Crippen LogP contribution in [0.5, 0.6) is 5.75 Å². The van der Waals surface area contributed by atoms with Gasteiger partial charge in [-0.25, -0.2) is 4.79 Å². The zero-order valence-corrected chi connectivity index (χ0v) is 16.1. The Kier molecular flexibility index (Phi) is 6.79. The van der Waals surface area contributed by atoms with Crippen molar-refractivity contribution >= 4 is 12.0 Å². The fraction of sp³-hybridized carbons (Fsp3) is 0.579. The highest BCUT2D eigenvalue weighted by molar-refractivity contribution is 5.86. The molecule has 2 amide bonds. The van der Waals surface area contributed by atoms with E-state index in [1.54, 1.807) is 26.8 Å². The van der Waals surface area contributed by atoms with Crippen molar-refractivity contribution in [1.82, 2.24) is 10.2 Å². The summed E-state index contributed by atoms with van der Waals surface area (Å²) >= 11 is 0. The molecule has 6 nitrogen and oxygen atoms in total. The molecule has 2 rings (SSSR count). The predicted molar refractivity (Wildman–Crippen MR) is 95.8 cm³/mol. The fourth-order valence-corrected chi connectivity index (χ4v) is 2.95. The first kappa shape index (κ1) is 21.8. The maximum atomic E-state index is 12.5. The highest BCUT2D eigenvalue weighted by Gasteiger charge is 2.36. The Morgan fingerprint density at radius 2 is 1.89 bits per heavy atom. The average Bonchev–Trinajstić information content (AvgIpc) is 3.03. The van der Waals surface area contributed by atoms with E-state index in [1.165, 1.54) is 23.1 Å². The Bertz CT molecular complexity index is 701. The SMILES string of the molecule is CC(C)(C)OC(=O)N1CCC[C@H]1C(=O)NCCc1ccccc1OC(F)(F)F. The van der Waals surface area contributed by atoms with Gasteiger partial charge in [0.2, 0.25) is 5.91 Å². The van der Waals surface area contributed by atoms with E-state index in [9.17, 15) is 22.8 Å². The molecule has 0 aromatic heterocycles. The lowest BCUT2D eigenvalue weighted by Crippen LogP contribution is -2.47. The molecule has 1 aliphatic rings. The van der Waals surface area contributed by atoms with Gasteiger partial charge in [-0.2, -0.15) is 0 Å². The van der Waals surface area contributed by atoms with Crippen molar-refractivity contribution in [1.29, 1.82) is 0 Å². The van der Waals surface area contributed by atoms with E-state index >= 15 is 0 Å². The van der Waals surface area contributed by atoms with E-state index < -0.39 is 24.1 Å². The molecule has 1 heterocycles. The fourth-order valence-electron chi connectivity index (χ4n) is 2.95. The number of para-hydroxylation sites is 1. The summed E-state index contributed by atoms with van der Waals surface area (Å²) in [6.07, 6.45) is -3.97. The first-order valence-electron chi connectivity index (χ1n) is 9.07. The third-order valence-electron chi connectivity index (χ3n) is 4.08. The minimum Gasteiger partial charge on any atom is -0.444 e. The standard InChI is InChI=1S/C19H25F3N2O4/c1-18(2,3)28-17(26)24-12-6-8-14(24)16(25)23-11-10-13-7-4-5-9-15(13)27-19(20,21)22/h4-5,7,9,14H,6,8,10-12H2,1-3H3,(H,23,25)/t14-/m0/s1. The third-order valence-corrected chi connectivity index (χ3v) is 4.08. The number of nitrogens with zero attached hydrogens (tertiary/aromatic N) is 1. The molecule has 1 aromatic rings. The van der Waals surface area contributed by atoms with Crippen LogP contribution in [0.25, 0.3) is 0 Å². The van der Waals surface area contributed by atoms with Crippen LogP contribution >= 0.6 is 0 Å². The van der Waals surface area contributed by atoms with E-state index in [0.29, 0.717) is 24.9 Å². The molecule has 0 spiro atoms. The van der Waals surface area contributed by atoms with Gasteiger partial charge < -0.3 is 14.8 Å². The molecule has 0 unspecified atom stereocenters. The van der Waals surface area contributed by atoms with Crippen LogP contribution in [0.2, 0.25) is 0 Å². The molecule has 0 aliphatic carbocycles. The first-order valence-corrected chi connectivity index (χ1v) is 9.07. The Hall–Kier alpha value is -2.45. The number of likely N-dealkylation sites (tertiary alicyclic amines) is 1. The van der Waals surface area contributed by atoms with Gasteiger partial charge in [-0.3, -0.25) is 9.69 Å². The molecule has 1 saturated heterocycles. The average molecular weight is 402 g/mol. The van der Waals surface area contributed by atoms with Crippen molar-refractivity contribution in [2.75, 3.05) is 13.1 Å². The van der Waals surface area contributed by atoms with Crippen LogP contribution < -0.4 is 10.1 Å². The Balaban J connectivity index is 1.91. The van der Waals surface area contributed by atoms with Crippen LogP contribution in [0.1, 0.15) is 39.2 Å². The molecule has 1 aromatic carbocycles. The van der Waals surface area contributed by atoms with E-state index in [4.69, 9.17) is 4.74 Å². The van der Waals surface area contributed by atoms with Crippen molar-refractivity contribution in [3.63, 3.8) is 0 Å². The number of amides is 2. The molecule has 1 aliphatic heterocycles. The lowest BCUT2D eigenvalue weighted by Gasteiger charge is -2.28. The molecule has 1 atom stereocenters. The van der Waals surface area contributed by atoms with Gasteiger partial charge in [-0.1, -0.05) is 18.2 Å². The Morgan fingerprint density at radius 1 is 1.21 bits per heavy atom. The van der Waals surface area contributed by atoms with Crippen molar-refractivity contribution in [2.24, 2.45) is 0 Å². The van der Waals surface area contributed by atoms with E-state index in [2.05, 4.69) is 10.1 Å². The summed E-state index contributed by atoms with van der Waals surface area (Å²) in [4.78, 5) is 26.1. The molecule has 156 valence electrons. The zero-order valence-electron chi connectivity index (χ0n) is 16.1. The number of halogens is 3. The van der Waals surface area contributed by atoms with Gasteiger partial charge in [0, 0.05) is 13.1 Å². The lowest BCUT2D eigenvalue weighted by molar-refractivity contribution is -0.274. The topological polar surface area (TPSA) is 67.9 Å². The summed E-state index contributed by atoms with van der Waals surface area (Å²) in [5.41, 5.74) is -0.335. The Labute approximate surface area is 162 Å². The highest BCUT2D eigenvalue weighted by Crippen LogP contribution is 2.26. The van der Waals surface area contributed by atoms with Crippen molar-refractivity contribution in [3.8, 4) is 5.75 Å². The summed E-state index contributed by atoms with van der Waals surface area (Å²) in [6.45, 7) is 5.79. The molecule has 0 radical (unpaired) electrons. The highest BCUT2D eigenvalue weighted by atomic mass is 19.4. The lowest BCUT2D eigenvalue weighted by atomic mass is 10.1. The quantitative estimate of drug-likeness (QED) is 0.817. The second-order valence-electron chi connectivity index (χ2n) is 7.53. The number of carbonyl (C=O) groups excluding carboxylic acids is 2. The van der Waals surface area contributed by atoms with Gasteiger partial charge in [0.1, 0.15) is 17.4 Å². The van der Waals surface area contributed by atoms with Gasteiger partial charge in [-0.15, -0.1) is 13.2 Å². The van der Waals surface area contributed by atoms with Crippen LogP contribution in [0.3, 0.4) is 0 Å². The molecule has 9 heteroatoms. The number of hydrogen-bond acceptors (Lipinski definition) is 4. The summed E-state index contributed by atoms with van der Waals surface area (Å²) in [7, 11) is 0. The monoisotopic (exact) mass is 402 g/mol. The second-order valence-corrected chi connectivity index (χ2v) is 7.53. The largest absolute Gasteiger partial charge is 0.573 e. The first-order chi connectivity index (χ1) is 13.0. The number of benzene rings is 1. The summed E-state index contributed by atoms with van der Waals surface area (Å²) in [6, 6.07) is 5.14. The number of alkyl halides is 3. The van der Waals surface area contributed by atoms with Crippen LogP contribution in [0.4, 0.5) is 18.0 Å². The summed E-state index contributed by atoms with van der Waals surface area (Å²) in [5, 5.41) is 2.69. The van der Waals surface area contributed by atoms with Crippen LogP contribution in [0, 0.1) is 0 Å². The summed E-state index contributed by atoms with van der Waals surface area (Å²) in [5.74, 6) is -0.641. The normalized spacial score (nSPS) is 17.4. The maximum absolute atomic E-state index is 12.5. The van der Waals surface area contributed by atoms with Crippen LogP contribution in [0.15, 0.2) is 24.3 Å². The Morgan fingerprint density at radius 3 is 2.54 bits per heavy atom. The molecule has 0 saturated carbocycles. The van der Waals surface area contributed by atoms with E-state index in [1.807, 2.05) is 0 Å². The molecule has 1 fully saturated rings. The second kappa shape index (κ2) is 8.70. The van der Waals surface area contributed by atoms with Gasteiger partial charge in [0.15, 0.2) is 0 Å². The van der Waals surface area contributed by atoms with Gasteiger partial charge in [-0.05, 0) is 51.7 Å². The van der Waals surface area contributed by atoms with Gasteiger partial charge in [0.05, 0.1) is 0 Å². The number of rotatable bonds is 5. The summed E-state index contributed by atoms with van der Waals surface area (Å²) < 4.78 is 46.7. The third kappa shape index (κ3) is 6.61. The molecule has 0 bridgehead atoms. The van der Waals surface area contributed by atoms with Crippen molar-refractivity contribution in [3.05, 3.63) is 29.8 Å². The smallest absolute Gasteiger partial charge is 0.444 e. The molecule has 1 N–H and O–H groups in total. The number of carbonyl (C=O) groups is 2. The molecule has 28 heavy (non-hydrogen) atoms. The number of ether oxygens (including phenoxy) is 2. The number of nitrogens with one attached hydrogen (secondary N) is 1. The van der Waals surface area contributed by atoms with Crippen molar-refractivity contribution < 1.29 is 32.2 Å². The van der Waals surface area contributed by atoms with E-state index in [-0.39, 0.29) is 24.6 Å². The maximum Gasteiger partial charge on any atom is 0.573 e. The minimum atomic E-state index is -4.78. The van der Waals surface area contributed by atoms with Crippen LogP contribution in [-0.2, 0) is 16.0 Å². The zero-order chi connectivity index (χ0) is 20.9. The minimum absolute atomic E-state index is 0.121. The molecular weight excluding hydrogens is 377 g/mol. The van der Waals surface area contributed by atoms with Crippen molar-refractivity contribution in [2.45, 2.75) is 58.0 Å². The van der Waals surface area contributed by atoms with E-state index in [0.717, 1.165) is 0 Å². The van der Waals surface area contributed by atoms with Crippen LogP contribution in [-0.4, -0.2) is 48.0 Å². The predicted octanol–water partition coefficient (Wildman–Crippen LogP) is 3.64. The van der Waals surface area contributed by atoms with Gasteiger partial charge in [0.25, 0.3) is 0 Å². The number of hydrogen-bond donors (Lipinski definition) is 1. The van der Waals surface area contributed by atoms with Gasteiger partial charge >= 0.3 is 12.5 Å². The molecular formula is C19H25F3N2O4.